The quantitative estimate of drug-likeness (QED) is 0.684. The summed E-state index contributed by atoms with van der Waals surface area (Å²) in [7, 11) is 0. The first-order valence-electron chi connectivity index (χ1n) is 3.91. The van der Waals surface area contributed by atoms with E-state index in [2.05, 4.69) is 4.98 Å². The summed E-state index contributed by atoms with van der Waals surface area (Å²) in [6.45, 7) is 5.26. The van der Waals surface area contributed by atoms with E-state index < -0.39 is 0 Å². The molecule has 0 amide bonds. The third kappa shape index (κ3) is 1.40. The van der Waals surface area contributed by atoms with Gasteiger partial charge < -0.3 is 4.98 Å². The zero-order valence-corrected chi connectivity index (χ0v) is 7.44. The molecule has 0 unspecified atom stereocenters. The van der Waals surface area contributed by atoms with E-state index in [1.807, 2.05) is 13.8 Å². The van der Waals surface area contributed by atoms with Crippen molar-refractivity contribution in [2.24, 2.45) is 0 Å². The Morgan fingerprint density at radius 1 is 1.50 bits per heavy atom. The van der Waals surface area contributed by atoms with Crippen LogP contribution in [0.2, 0.25) is 0 Å². The number of H-pyrrole nitrogens is 1. The Morgan fingerprint density at radius 2 is 2.08 bits per heavy atom. The van der Waals surface area contributed by atoms with Crippen molar-refractivity contribution in [3.63, 3.8) is 0 Å². The summed E-state index contributed by atoms with van der Waals surface area (Å²) in [5, 5.41) is 0. The zero-order valence-electron chi connectivity index (χ0n) is 7.44. The molecular formula is C9H12FNO. The van der Waals surface area contributed by atoms with E-state index in [9.17, 15) is 9.18 Å². The first-order chi connectivity index (χ1) is 5.54. The lowest BCUT2D eigenvalue weighted by atomic mass is 10.0. The molecular weight excluding hydrogens is 157 g/mol. The molecule has 0 aliphatic heterocycles. The number of nitrogens with one attached hydrogen (secondary N) is 1. The molecule has 12 heavy (non-hydrogen) atoms. The van der Waals surface area contributed by atoms with Gasteiger partial charge in [0.1, 0.15) is 5.82 Å². The van der Waals surface area contributed by atoms with Gasteiger partial charge in [-0.2, -0.15) is 0 Å². The highest BCUT2D eigenvalue weighted by atomic mass is 19.1. The summed E-state index contributed by atoms with van der Waals surface area (Å²) in [6, 6.07) is 0. The minimum absolute atomic E-state index is 0.0977. The van der Waals surface area contributed by atoms with E-state index in [1.165, 1.54) is 13.1 Å². The minimum Gasteiger partial charge on any atom is -0.328 e. The number of aromatic amines is 1. The molecule has 0 fully saturated rings. The van der Waals surface area contributed by atoms with Crippen LogP contribution < -0.4 is 5.56 Å². The molecule has 1 heterocycles. The third-order valence-electron chi connectivity index (χ3n) is 1.90. The van der Waals surface area contributed by atoms with Crippen molar-refractivity contribution in [1.82, 2.24) is 4.98 Å². The fourth-order valence-electron chi connectivity index (χ4n) is 1.05. The number of hydrogen-bond donors (Lipinski definition) is 1. The Hall–Kier alpha value is -1.12. The predicted molar refractivity (Wildman–Crippen MR) is 45.8 cm³/mol. The lowest BCUT2D eigenvalue weighted by Gasteiger charge is -2.07. The molecule has 0 aliphatic carbocycles. The number of halogens is 1. The standard InChI is InChI=1S/C9H12FNO/c1-5(2)7-4-11-9(12)6(3)8(7)10/h4-5H,1-3H3,(H,11,12). The van der Waals surface area contributed by atoms with E-state index in [-0.39, 0.29) is 22.9 Å². The van der Waals surface area contributed by atoms with Gasteiger partial charge >= 0.3 is 0 Å². The maximum Gasteiger partial charge on any atom is 0.253 e. The van der Waals surface area contributed by atoms with Crippen molar-refractivity contribution in [2.75, 3.05) is 0 Å². The van der Waals surface area contributed by atoms with Crippen LogP contribution in [0.3, 0.4) is 0 Å². The average molecular weight is 169 g/mol. The maximum absolute atomic E-state index is 13.3. The summed E-state index contributed by atoms with van der Waals surface area (Å²) in [4.78, 5) is 13.4. The lowest BCUT2D eigenvalue weighted by Crippen LogP contribution is -2.13. The second-order valence-electron chi connectivity index (χ2n) is 3.17. The summed E-state index contributed by atoms with van der Waals surface area (Å²) in [5.74, 6) is -0.283. The molecule has 1 N–H and O–H groups in total. The Kier molecular flexibility index (Phi) is 2.31. The first-order valence-corrected chi connectivity index (χ1v) is 3.91. The van der Waals surface area contributed by atoms with Crippen molar-refractivity contribution in [2.45, 2.75) is 26.7 Å². The predicted octanol–water partition coefficient (Wildman–Crippen LogP) is 1.95. The van der Waals surface area contributed by atoms with Crippen molar-refractivity contribution in [1.29, 1.82) is 0 Å². The van der Waals surface area contributed by atoms with Crippen molar-refractivity contribution in [3.05, 3.63) is 33.5 Å². The van der Waals surface area contributed by atoms with Crippen molar-refractivity contribution < 1.29 is 4.39 Å². The van der Waals surface area contributed by atoms with Crippen LogP contribution in [0.4, 0.5) is 4.39 Å². The van der Waals surface area contributed by atoms with Gasteiger partial charge in [-0.3, -0.25) is 4.79 Å². The molecule has 2 nitrogen and oxygen atoms in total. The van der Waals surface area contributed by atoms with Crippen LogP contribution in [0.25, 0.3) is 0 Å². The molecule has 0 saturated heterocycles. The summed E-state index contributed by atoms with van der Waals surface area (Å²) in [5.41, 5.74) is 0.380. The van der Waals surface area contributed by atoms with Gasteiger partial charge in [-0.05, 0) is 12.8 Å². The zero-order chi connectivity index (χ0) is 9.30. The van der Waals surface area contributed by atoms with Gasteiger partial charge in [-0.15, -0.1) is 0 Å². The molecule has 0 saturated carbocycles. The topological polar surface area (TPSA) is 32.9 Å². The summed E-state index contributed by atoms with van der Waals surface area (Å²) < 4.78 is 13.3. The van der Waals surface area contributed by atoms with E-state index in [0.717, 1.165) is 0 Å². The van der Waals surface area contributed by atoms with Crippen molar-refractivity contribution >= 4 is 0 Å². The second kappa shape index (κ2) is 3.09. The smallest absolute Gasteiger partial charge is 0.253 e. The highest BCUT2D eigenvalue weighted by Gasteiger charge is 2.10. The van der Waals surface area contributed by atoms with E-state index in [4.69, 9.17) is 0 Å². The third-order valence-corrected chi connectivity index (χ3v) is 1.90. The average Bonchev–Trinajstić information content (AvgIpc) is 2.00. The molecule has 66 valence electrons. The molecule has 0 radical (unpaired) electrons. The van der Waals surface area contributed by atoms with Crippen LogP contribution >= 0.6 is 0 Å². The monoisotopic (exact) mass is 169 g/mol. The highest BCUT2D eigenvalue weighted by Crippen LogP contribution is 2.16. The van der Waals surface area contributed by atoms with Gasteiger partial charge in [0.25, 0.3) is 5.56 Å². The molecule has 1 rings (SSSR count). The Labute approximate surface area is 70.4 Å². The second-order valence-corrected chi connectivity index (χ2v) is 3.17. The normalized spacial score (nSPS) is 10.8. The van der Waals surface area contributed by atoms with E-state index >= 15 is 0 Å². The number of hydrogen-bond acceptors (Lipinski definition) is 1. The molecule has 0 spiro atoms. The number of aromatic nitrogens is 1. The maximum atomic E-state index is 13.3. The Bertz CT molecular complexity index is 341. The van der Waals surface area contributed by atoms with E-state index in [1.54, 1.807) is 0 Å². The van der Waals surface area contributed by atoms with Gasteiger partial charge in [0.2, 0.25) is 0 Å². The molecule has 0 bridgehead atoms. The van der Waals surface area contributed by atoms with Gasteiger partial charge in [0.15, 0.2) is 0 Å². The number of rotatable bonds is 1. The lowest BCUT2D eigenvalue weighted by molar-refractivity contribution is 0.583. The van der Waals surface area contributed by atoms with Gasteiger partial charge in [0.05, 0.1) is 5.56 Å². The minimum atomic E-state index is -0.381. The van der Waals surface area contributed by atoms with Crippen LogP contribution in [0.15, 0.2) is 11.0 Å². The van der Waals surface area contributed by atoms with Crippen LogP contribution in [-0.2, 0) is 0 Å². The van der Waals surface area contributed by atoms with Crippen LogP contribution in [0.1, 0.15) is 30.9 Å². The van der Waals surface area contributed by atoms with Gasteiger partial charge in [-0.1, -0.05) is 13.8 Å². The first kappa shape index (κ1) is 8.97. The fourth-order valence-corrected chi connectivity index (χ4v) is 1.05. The van der Waals surface area contributed by atoms with Crippen LogP contribution in [-0.4, -0.2) is 4.98 Å². The summed E-state index contributed by atoms with van der Waals surface area (Å²) in [6.07, 6.45) is 1.44. The van der Waals surface area contributed by atoms with Gasteiger partial charge in [-0.25, -0.2) is 4.39 Å². The molecule has 0 aromatic carbocycles. The van der Waals surface area contributed by atoms with Crippen LogP contribution in [0, 0.1) is 12.7 Å². The SMILES string of the molecule is Cc1c(F)c(C(C)C)c[nH]c1=O. The molecule has 1 aromatic rings. The Balaban J connectivity index is 3.36. The van der Waals surface area contributed by atoms with Crippen LogP contribution in [0.5, 0.6) is 0 Å². The van der Waals surface area contributed by atoms with E-state index in [0.29, 0.717) is 5.56 Å². The van der Waals surface area contributed by atoms with Gasteiger partial charge in [0, 0.05) is 11.8 Å². The molecule has 0 atom stereocenters. The highest BCUT2D eigenvalue weighted by molar-refractivity contribution is 5.22. The Morgan fingerprint density at radius 3 is 2.58 bits per heavy atom. The summed E-state index contributed by atoms with van der Waals surface area (Å²) >= 11 is 0. The number of pyridine rings is 1. The fraction of sp³-hybridized carbons (Fsp3) is 0.444. The molecule has 0 aliphatic rings. The van der Waals surface area contributed by atoms with Crippen molar-refractivity contribution in [3.8, 4) is 0 Å². The molecule has 3 heteroatoms. The molecule has 1 aromatic heterocycles. The largest absolute Gasteiger partial charge is 0.328 e.